The third-order valence-corrected chi connectivity index (χ3v) is 3.88. The summed E-state index contributed by atoms with van der Waals surface area (Å²) in [6, 6.07) is 5.34. The van der Waals surface area contributed by atoms with Gasteiger partial charge in [-0.1, -0.05) is 13.0 Å². The van der Waals surface area contributed by atoms with Gasteiger partial charge in [0.2, 0.25) is 0 Å². The summed E-state index contributed by atoms with van der Waals surface area (Å²) in [7, 11) is 0. The van der Waals surface area contributed by atoms with Crippen molar-refractivity contribution in [3.05, 3.63) is 30.1 Å². The van der Waals surface area contributed by atoms with Crippen molar-refractivity contribution in [3.8, 4) is 0 Å². The van der Waals surface area contributed by atoms with Gasteiger partial charge in [-0.2, -0.15) is 0 Å². The van der Waals surface area contributed by atoms with E-state index in [1.807, 2.05) is 18.5 Å². The Morgan fingerprint density at radius 3 is 2.72 bits per heavy atom. The summed E-state index contributed by atoms with van der Waals surface area (Å²) < 4.78 is 0. The highest BCUT2D eigenvalue weighted by atomic mass is 15.2. The fourth-order valence-corrected chi connectivity index (χ4v) is 2.87. The fourth-order valence-electron chi connectivity index (χ4n) is 2.87. The van der Waals surface area contributed by atoms with Crippen molar-refractivity contribution < 1.29 is 0 Å². The molecule has 1 aromatic heterocycles. The lowest BCUT2D eigenvalue weighted by molar-refractivity contribution is 0.142. The number of hydrogen-bond donors (Lipinski definition) is 1. The minimum atomic E-state index is 0.433. The first-order valence-electron chi connectivity index (χ1n) is 7.18. The number of rotatable bonds is 5. The Morgan fingerprint density at radius 1 is 1.33 bits per heavy atom. The first kappa shape index (κ1) is 13.5. The molecule has 0 atom stereocenters. The average Bonchev–Trinajstić information content (AvgIpc) is 2.40. The topological polar surface area (TPSA) is 42.2 Å². The van der Waals surface area contributed by atoms with Crippen molar-refractivity contribution in [2.45, 2.75) is 57.7 Å². The quantitative estimate of drug-likeness (QED) is 0.869. The monoisotopic (exact) mass is 247 g/mol. The van der Waals surface area contributed by atoms with Gasteiger partial charge in [-0.05, 0) is 50.3 Å². The second-order valence-corrected chi connectivity index (χ2v) is 5.40. The zero-order valence-electron chi connectivity index (χ0n) is 11.4. The van der Waals surface area contributed by atoms with E-state index in [0.29, 0.717) is 12.1 Å². The summed E-state index contributed by atoms with van der Waals surface area (Å²) in [4.78, 5) is 6.82. The van der Waals surface area contributed by atoms with Crippen molar-refractivity contribution in [2.24, 2.45) is 5.73 Å². The minimum absolute atomic E-state index is 0.433. The van der Waals surface area contributed by atoms with Crippen LogP contribution in [0.4, 0.5) is 0 Å². The van der Waals surface area contributed by atoms with Crippen LogP contribution < -0.4 is 5.73 Å². The molecule has 0 radical (unpaired) electrons. The number of hydrogen-bond acceptors (Lipinski definition) is 3. The molecule has 0 bridgehead atoms. The molecule has 2 N–H and O–H groups in total. The number of aromatic nitrogens is 1. The van der Waals surface area contributed by atoms with Crippen LogP contribution in [-0.2, 0) is 6.54 Å². The Bertz CT molecular complexity index is 331. The maximum absolute atomic E-state index is 6.00. The number of nitrogens with two attached hydrogens (primary N) is 1. The summed E-state index contributed by atoms with van der Waals surface area (Å²) in [5.74, 6) is 0. The summed E-state index contributed by atoms with van der Waals surface area (Å²) in [6.45, 7) is 4.46. The molecule has 0 spiro atoms. The Morgan fingerprint density at radius 2 is 2.11 bits per heavy atom. The lowest BCUT2D eigenvalue weighted by atomic mass is 9.90. The van der Waals surface area contributed by atoms with Crippen LogP contribution in [0.2, 0.25) is 0 Å². The fraction of sp³-hybridized carbons (Fsp3) is 0.667. The molecule has 1 aromatic rings. The molecule has 2 rings (SSSR count). The Labute approximate surface area is 110 Å². The van der Waals surface area contributed by atoms with Gasteiger partial charge in [-0.25, -0.2) is 0 Å². The predicted molar refractivity (Wildman–Crippen MR) is 75.2 cm³/mol. The normalized spacial score (nSPS) is 24.4. The van der Waals surface area contributed by atoms with E-state index in [1.165, 1.54) is 44.2 Å². The summed E-state index contributed by atoms with van der Waals surface area (Å²) >= 11 is 0. The SMILES string of the molecule is CCCN(Cc1cccnc1)C1CCC(N)CC1. The molecule has 1 aliphatic carbocycles. The maximum atomic E-state index is 6.00. The van der Waals surface area contributed by atoms with Gasteiger partial charge in [0.1, 0.15) is 0 Å². The molecule has 3 heteroatoms. The van der Waals surface area contributed by atoms with Gasteiger partial charge in [-0.3, -0.25) is 9.88 Å². The second kappa shape index (κ2) is 6.86. The van der Waals surface area contributed by atoms with Crippen LogP contribution in [0.15, 0.2) is 24.5 Å². The van der Waals surface area contributed by atoms with Crippen LogP contribution in [0, 0.1) is 0 Å². The van der Waals surface area contributed by atoms with Gasteiger partial charge in [0.15, 0.2) is 0 Å². The van der Waals surface area contributed by atoms with Crippen molar-refractivity contribution >= 4 is 0 Å². The van der Waals surface area contributed by atoms with Crippen molar-refractivity contribution in [2.75, 3.05) is 6.54 Å². The van der Waals surface area contributed by atoms with E-state index >= 15 is 0 Å². The van der Waals surface area contributed by atoms with E-state index in [-0.39, 0.29) is 0 Å². The first-order valence-corrected chi connectivity index (χ1v) is 7.18. The minimum Gasteiger partial charge on any atom is -0.328 e. The number of nitrogens with zero attached hydrogens (tertiary/aromatic N) is 2. The molecule has 1 heterocycles. The van der Waals surface area contributed by atoms with Crippen LogP contribution in [0.3, 0.4) is 0 Å². The van der Waals surface area contributed by atoms with Gasteiger partial charge in [0, 0.05) is 31.0 Å². The highest BCUT2D eigenvalue weighted by molar-refractivity contribution is 5.08. The smallest absolute Gasteiger partial charge is 0.0312 e. The van der Waals surface area contributed by atoms with Gasteiger partial charge in [-0.15, -0.1) is 0 Å². The number of pyridine rings is 1. The first-order chi connectivity index (χ1) is 8.79. The molecule has 3 nitrogen and oxygen atoms in total. The van der Waals surface area contributed by atoms with Crippen molar-refractivity contribution in [3.63, 3.8) is 0 Å². The molecule has 0 saturated heterocycles. The molecular formula is C15H25N3. The third kappa shape index (κ3) is 3.79. The van der Waals surface area contributed by atoms with Crippen LogP contribution in [0.1, 0.15) is 44.6 Å². The highest BCUT2D eigenvalue weighted by Gasteiger charge is 2.23. The Balaban J connectivity index is 1.95. The van der Waals surface area contributed by atoms with E-state index in [1.54, 1.807) is 0 Å². The lowest BCUT2D eigenvalue weighted by Crippen LogP contribution is -2.40. The van der Waals surface area contributed by atoms with E-state index in [0.717, 1.165) is 6.54 Å². The summed E-state index contributed by atoms with van der Waals surface area (Å²) in [6.07, 6.45) is 9.89. The summed E-state index contributed by atoms with van der Waals surface area (Å²) in [5.41, 5.74) is 7.32. The van der Waals surface area contributed by atoms with E-state index in [9.17, 15) is 0 Å². The van der Waals surface area contributed by atoms with Gasteiger partial charge < -0.3 is 5.73 Å². The molecule has 0 aliphatic heterocycles. The predicted octanol–water partition coefficient (Wildman–Crippen LogP) is 2.56. The molecular weight excluding hydrogens is 222 g/mol. The zero-order chi connectivity index (χ0) is 12.8. The van der Waals surface area contributed by atoms with E-state index in [2.05, 4.69) is 22.9 Å². The van der Waals surface area contributed by atoms with Crippen LogP contribution in [0.25, 0.3) is 0 Å². The van der Waals surface area contributed by atoms with Gasteiger partial charge in [0.05, 0.1) is 0 Å². The Kier molecular flexibility index (Phi) is 5.14. The molecule has 18 heavy (non-hydrogen) atoms. The summed E-state index contributed by atoms with van der Waals surface area (Å²) in [5, 5.41) is 0. The molecule has 0 unspecified atom stereocenters. The Hall–Kier alpha value is -0.930. The standard InChI is InChI=1S/C15H25N3/c1-2-10-18(12-13-4-3-9-17-11-13)15-7-5-14(16)6-8-15/h3-4,9,11,14-15H,2,5-8,10,12,16H2,1H3. The van der Waals surface area contributed by atoms with Gasteiger partial charge >= 0.3 is 0 Å². The zero-order valence-corrected chi connectivity index (χ0v) is 11.4. The maximum Gasteiger partial charge on any atom is 0.0312 e. The molecule has 1 saturated carbocycles. The van der Waals surface area contributed by atoms with Crippen LogP contribution in [0.5, 0.6) is 0 Å². The molecule has 1 fully saturated rings. The van der Waals surface area contributed by atoms with E-state index in [4.69, 9.17) is 5.73 Å². The largest absolute Gasteiger partial charge is 0.328 e. The van der Waals surface area contributed by atoms with Crippen molar-refractivity contribution in [1.29, 1.82) is 0 Å². The van der Waals surface area contributed by atoms with Crippen molar-refractivity contribution in [1.82, 2.24) is 9.88 Å². The molecule has 0 aromatic carbocycles. The molecule has 1 aliphatic rings. The third-order valence-electron chi connectivity index (χ3n) is 3.88. The molecule has 100 valence electrons. The highest BCUT2D eigenvalue weighted by Crippen LogP contribution is 2.23. The molecule has 0 amide bonds. The lowest BCUT2D eigenvalue weighted by Gasteiger charge is -2.36. The average molecular weight is 247 g/mol. The second-order valence-electron chi connectivity index (χ2n) is 5.40. The van der Waals surface area contributed by atoms with E-state index < -0.39 is 0 Å². The van der Waals surface area contributed by atoms with Gasteiger partial charge in [0.25, 0.3) is 0 Å². The van der Waals surface area contributed by atoms with Crippen LogP contribution in [-0.4, -0.2) is 28.5 Å². The van der Waals surface area contributed by atoms with Crippen LogP contribution >= 0.6 is 0 Å².